The van der Waals surface area contributed by atoms with Crippen LogP contribution in [0.2, 0.25) is 0 Å². The van der Waals surface area contributed by atoms with Crippen molar-refractivity contribution in [2.24, 2.45) is 5.41 Å². The van der Waals surface area contributed by atoms with Crippen molar-refractivity contribution < 1.29 is 14.6 Å². The number of nitriles is 1. The number of aliphatic hydroxyl groups is 1. The van der Waals surface area contributed by atoms with Gasteiger partial charge in [-0.15, -0.1) is 0 Å². The van der Waals surface area contributed by atoms with Crippen molar-refractivity contribution in [3.8, 4) is 11.8 Å². The van der Waals surface area contributed by atoms with E-state index in [-0.39, 0.29) is 40.8 Å². The van der Waals surface area contributed by atoms with E-state index in [0.29, 0.717) is 18.5 Å². The molecule has 6 heteroatoms. The Morgan fingerprint density at radius 1 is 1.40 bits per heavy atom. The summed E-state index contributed by atoms with van der Waals surface area (Å²) in [6, 6.07) is 5.40. The Bertz CT molecular complexity index is 643. The average molecular weight is 347 g/mol. The van der Waals surface area contributed by atoms with Crippen LogP contribution in [0, 0.1) is 16.7 Å². The number of Topliss-reactive ketones (excluding diaryl/α,β-unsaturated/α-hetero) is 1. The first-order valence-electron chi connectivity index (χ1n) is 8.45. The zero-order chi connectivity index (χ0) is 19.2. The van der Waals surface area contributed by atoms with Crippen molar-refractivity contribution >= 4 is 11.5 Å². The molecule has 1 atom stereocenters. The van der Waals surface area contributed by atoms with E-state index in [1.54, 1.807) is 12.1 Å². The number of nitrogens with zero attached hydrogens (tertiary/aromatic N) is 1. The highest BCUT2D eigenvalue weighted by molar-refractivity contribution is 6.02. The van der Waals surface area contributed by atoms with Crippen LogP contribution in [0.15, 0.2) is 12.1 Å². The van der Waals surface area contributed by atoms with E-state index < -0.39 is 6.10 Å². The lowest BCUT2D eigenvalue weighted by Crippen LogP contribution is -2.35. The van der Waals surface area contributed by atoms with Crippen molar-refractivity contribution in [2.45, 2.75) is 53.2 Å². The molecule has 0 aliphatic rings. The fraction of sp³-hybridized carbons (Fsp3) is 0.579. The van der Waals surface area contributed by atoms with E-state index in [1.165, 1.54) is 0 Å². The van der Waals surface area contributed by atoms with Gasteiger partial charge in [-0.3, -0.25) is 4.79 Å². The van der Waals surface area contributed by atoms with Gasteiger partial charge in [-0.05, 0) is 17.5 Å². The van der Waals surface area contributed by atoms with E-state index in [4.69, 9.17) is 10.5 Å². The van der Waals surface area contributed by atoms with Crippen LogP contribution in [0.25, 0.3) is 0 Å². The zero-order valence-electron chi connectivity index (χ0n) is 15.7. The number of ether oxygens (including phenoxy) is 1. The molecule has 1 aromatic rings. The predicted octanol–water partition coefficient (Wildman–Crippen LogP) is 2.50. The van der Waals surface area contributed by atoms with Gasteiger partial charge in [0.05, 0.1) is 5.69 Å². The van der Waals surface area contributed by atoms with E-state index in [9.17, 15) is 15.2 Å². The van der Waals surface area contributed by atoms with Crippen LogP contribution >= 0.6 is 0 Å². The highest BCUT2D eigenvalue weighted by atomic mass is 16.5. The Morgan fingerprint density at radius 3 is 2.56 bits per heavy atom. The Balaban J connectivity index is 2.89. The number of hydrogen-bond acceptors (Lipinski definition) is 6. The van der Waals surface area contributed by atoms with E-state index in [2.05, 4.69) is 5.32 Å². The molecule has 0 fully saturated rings. The van der Waals surface area contributed by atoms with Gasteiger partial charge in [0.2, 0.25) is 0 Å². The minimum Gasteiger partial charge on any atom is -0.489 e. The summed E-state index contributed by atoms with van der Waals surface area (Å²) in [6.07, 6.45) is -0.376. The van der Waals surface area contributed by atoms with Gasteiger partial charge in [-0.25, -0.2) is 0 Å². The Labute approximate surface area is 150 Å². The quantitative estimate of drug-likeness (QED) is 0.492. The largest absolute Gasteiger partial charge is 0.489 e. The molecule has 1 unspecified atom stereocenters. The Kier molecular flexibility index (Phi) is 7.40. The molecule has 0 saturated heterocycles. The van der Waals surface area contributed by atoms with E-state index in [0.717, 1.165) is 0 Å². The third-order valence-electron chi connectivity index (χ3n) is 3.50. The van der Waals surface area contributed by atoms with Crippen LogP contribution in [0.4, 0.5) is 5.69 Å². The maximum Gasteiger partial charge on any atom is 0.165 e. The second kappa shape index (κ2) is 8.84. The number of anilines is 1. The molecule has 25 heavy (non-hydrogen) atoms. The molecule has 4 N–H and O–H groups in total. The molecule has 0 bridgehead atoms. The zero-order valence-corrected chi connectivity index (χ0v) is 15.7. The highest BCUT2D eigenvalue weighted by Gasteiger charge is 2.22. The molecule has 1 aromatic carbocycles. The highest BCUT2D eigenvalue weighted by Crippen LogP contribution is 2.30. The second-order valence-electron chi connectivity index (χ2n) is 7.70. The number of carbonyl (C=O) groups is 1. The van der Waals surface area contributed by atoms with Crippen molar-refractivity contribution in [1.29, 1.82) is 5.26 Å². The predicted molar refractivity (Wildman–Crippen MR) is 98.6 cm³/mol. The maximum atomic E-state index is 12.4. The summed E-state index contributed by atoms with van der Waals surface area (Å²) in [7, 11) is 0. The summed E-state index contributed by atoms with van der Waals surface area (Å²) in [5.41, 5.74) is 6.44. The van der Waals surface area contributed by atoms with Gasteiger partial charge < -0.3 is 20.9 Å². The maximum absolute atomic E-state index is 12.4. The van der Waals surface area contributed by atoms with Gasteiger partial charge in [0.25, 0.3) is 0 Å². The topological polar surface area (TPSA) is 108 Å². The molecule has 0 aliphatic carbocycles. The molecular formula is C19H29N3O3. The molecule has 0 heterocycles. The van der Waals surface area contributed by atoms with Gasteiger partial charge in [0.1, 0.15) is 30.1 Å². The summed E-state index contributed by atoms with van der Waals surface area (Å²) in [5, 5.41) is 22.4. The number of carbonyl (C=O) groups excluding carboxylic acids is 1. The number of benzene rings is 1. The summed E-state index contributed by atoms with van der Waals surface area (Å²) in [6.45, 7) is 10.3. The number of aliphatic hydroxyl groups excluding tert-OH is 1. The first-order chi connectivity index (χ1) is 11.5. The number of rotatable bonds is 8. The molecule has 0 radical (unpaired) electrons. The minimum atomic E-state index is -0.711. The molecule has 0 aliphatic heterocycles. The molecule has 1 rings (SSSR count). The molecule has 0 amide bonds. The molecule has 6 nitrogen and oxygen atoms in total. The van der Waals surface area contributed by atoms with Gasteiger partial charge in [-0.1, -0.05) is 34.6 Å². The van der Waals surface area contributed by atoms with Gasteiger partial charge in [0, 0.05) is 24.6 Å². The lowest BCUT2D eigenvalue weighted by atomic mass is 9.87. The van der Waals surface area contributed by atoms with Gasteiger partial charge >= 0.3 is 0 Å². The normalized spacial score (nSPS) is 12.7. The number of nitrogen functional groups attached to an aromatic ring is 1. The van der Waals surface area contributed by atoms with Crippen molar-refractivity contribution in [3.63, 3.8) is 0 Å². The lowest BCUT2D eigenvalue weighted by Gasteiger charge is -2.19. The van der Waals surface area contributed by atoms with Crippen LogP contribution in [0.1, 0.15) is 57.0 Å². The molecule has 0 saturated carbocycles. The van der Waals surface area contributed by atoms with Crippen LogP contribution in [0.3, 0.4) is 0 Å². The lowest BCUT2D eigenvalue weighted by molar-refractivity contribution is 0.0939. The second-order valence-corrected chi connectivity index (χ2v) is 7.70. The summed E-state index contributed by atoms with van der Waals surface area (Å²) in [5.74, 6) is 0.171. The third kappa shape index (κ3) is 6.73. The monoisotopic (exact) mass is 347 g/mol. The Hall–Kier alpha value is -2.10. The number of hydrogen-bond donors (Lipinski definition) is 3. The first kappa shape index (κ1) is 20.9. The van der Waals surface area contributed by atoms with E-state index >= 15 is 0 Å². The van der Waals surface area contributed by atoms with Gasteiger partial charge in [0.15, 0.2) is 5.78 Å². The van der Waals surface area contributed by atoms with Crippen LogP contribution in [0.5, 0.6) is 5.75 Å². The summed E-state index contributed by atoms with van der Waals surface area (Å²) in [4.78, 5) is 12.4. The van der Waals surface area contributed by atoms with Gasteiger partial charge in [-0.2, -0.15) is 5.26 Å². The van der Waals surface area contributed by atoms with E-state index in [1.807, 2.05) is 40.7 Å². The standard InChI is InChI=1S/C19H29N3O3/c1-12(2)22-10-13(23)11-25-17-7-6-14(18(21)15(17)9-20)16(24)8-19(3,4)5/h6-7,12-13,22-23H,8,10-11,21H2,1-5H3. The summed E-state index contributed by atoms with van der Waals surface area (Å²) >= 11 is 0. The smallest absolute Gasteiger partial charge is 0.165 e. The fourth-order valence-electron chi connectivity index (χ4n) is 2.27. The molecule has 138 valence electrons. The Morgan fingerprint density at radius 2 is 2.04 bits per heavy atom. The molecular weight excluding hydrogens is 318 g/mol. The van der Waals surface area contributed by atoms with Crippen molar-refractivity contribution in [3.05, 3.63) is 23.3 Å². The van der Waals surface area contributed by atoms with Crippen LogP contribution in [-0.2, 0) is 0 Å². The molecule has 0 spiro atoms. The van der Waals surface area contributed by atoms with Crippen LogP contribution < -0.4 is 15.8 Å². The number of nitrogens with one attached hydrogen (secondary N) is 1. The van der Waals surface area contributed by atoms with Crippen LogP contribution in [-0.4, -0.2) is 36.2 Å². The molecule has 0 aromatic heterocycles. The minimum absolute atomic E-state index is 0.0309. The fourth-order valence-corrected chi connectivity index (χ4v) is 2.27. The average Bonchev–Trinajstić information content (AvgIpc) is 2.48. The summed E-state index contributed by atoms with van der Waals surface area (Å²) < 4.78 is 5.53. The first-order valence-corrected chi connectivity index (χ1v) is 8.45. The van der Waals surface area contributed by atoms with Crippen molar-refractivity contribution in [1.82, 2.24) is 5.32 Å². The third-order valence-corrected chi connectivity index (χ3v) is 3.50. The number of ketones is 1. The SMILES string of the molecule is CC(C)NCC(O)COc1ccc(C(=O)CC(C)(C)C)c(N)c1C#N. The number of nitrogens with two attached hydrogens (primary N) is 1. The van der Waals surface area contributed by atoms with Crippen molar-refractivity contribution in [2.75, 3.05) is 18.9 Å².